The standard InChI is InChI=1S/C17H27FN2O/c1-14(7-8-15-5-4-6-16(18)11-15)19-12-17(21)13-20-9-2-3-10-20/h4-6,11,14,17,19,21H,2-3,7-10,12-13H2,1H3. The van der Waals surface area contributed by atoms with Crippen LogP contribution in [0.25, 0.3) is 0 Å². The van der Waals surface area contributed by atoms with Crippen LogP contribution in [0.1, 0.15) is 31.7 Å². The van der Waals surface area contributed by atoms with Crippen molar-refractivity contribution in [3.8, 4) is 0 Å². The lowest BCUT2D eigenvalue weighted by molar-refractivity contribution is 0.120. The van der Waals surface area contributed by atoms with Crippen LogP contribution >= 0.6 is 0 Å². The molecule has 4 heteroatoms. The summed E-state index contributed by atoms with van der Waals surface area (Å²) in [5, 5.41) is 13.4. The number of benzene rings is 1. The number of aliphatic hydroxyl groups is 1. The van der Waals surface area contributed by atoms with E-state index in [4.69, 9.17) is 0 Å². The highest BCUT2D eigenvalue weighted by molar-refractivity contribution is 5.16. The van der Waals surface area contributed by atoms with E-state index in [9.17, 15) is 9.50 Å². The first-order valence-corrected chi connectivity index (χ1v) is 8.02. The summed E-state index contributed by atoms with van der Waals surface area (Å²) in [6, 6.07) is 7.09. The fraction of sp³-hybridized carbons (Fsp3) is 0.647. The predicted molar refractivity (Wildman–Crippen MR) is 83.9 cm³/mol. The molecular formula is C17H27FN2O. The van der Waals surface area contributed by atoms with E-state index in [0.29, 0.717) is 12.6 Å². The summed E-state index contributed by atoms with van der Waals surface area (Å²) in [5.74, 6) is -0.172. The molecular weight excluding hydrogens is 267 g/mol. The summed E-state index contributed by atoms with van der Waals surface area (Å²) >= 11 is 0. The highest BCUT2D eigenvalue weighted by Crippen LogP contribution is 2.09. The Labute approximate surface area is 127 Å². The molecule has 1 aliphatic heterocycles. The number of hydrogen-bond donors (Lipinski definition) is 2. The molecule has 1 aromatic carbocycles. The van der Waals surface area contributed by atoms with Gasteiger partial charge in [0.25, 0.3) is 0 Å². The van der Waals surface area contributed by atoms with Crippen molar-refractivity contribution in [1.82, 2.24) is 10.2 Å². The maximum atomic E-state index is 13.1. The van der Waals surface area contributed by atoms with E-state index in [1.54, 1.807) is 12.1 Å². The van der Waals surface area contributed by atoms with E-state index in [0.717, 1.165) is 38.0 Å². The molecule has 2 N–H and O–H groups in total. The Morgan fingerprint density at radius 2 is 2.10 bits per heavy atom. The number of aliphatic hydroxyl groups excluding tert-OH is 1. The monoisotopic (exact) mass is 294 g/mol. The van der Waals surface area contributed by atoms with Crippen molar-refractivity contribution in [3.05, 3.63) is 35.6 Å². The fourth-order valence-electron chi connectivity index (χ4n) is 2.84. The summed E-state index contributed by atoms with van der Waals surface area (Å²) in [5.41, 5.74) is 1.03. The predicted octanol–water partition coefficient (Wildman–Crippen LogP) is 2.19. The summed E-state index contributed by atoms with van der Waals surface area (Å²) in [7, 11) is 0. The largest absolute Gasteiger partial charge is 0.390 e. The Hall–Kier alpha value is -0.970. The van der Waals surface area contributed by atoms with Gasteiger partial charge in [0.05, 0.1) is 6.10 Å². The topological polar surface area (TPSA) is 35.5 Å². The SMILES string of the molecule is CC(CCc1cccc(F)c1)NCC(O)CN1CCCC1. The van der Waals surface area contributed by atoms with Gasteiger partial charge in [-0.1, -0.05) is 12.1 Å². The van der Waals surface area contributed by atoms with Crippen LogP contribution in [0.5, 0.6) is 0 Å². The molecule has 0 aliphatic carbocycles. The molecule has 1 fully saturated rings. The van der Waals surface area contributed by atoms with Gasteiger partial charge in [0, 0.05) is 19.1 Å². The molecule has 0 radical (unpaired) electrons. The van der Waals surface area contributed by atoms with Crippen LogP contribution < -0.4 is 5.32 Å². The zero-order valence-corrected chi connectivity index (χ0v) is 12.9. The number of likely N-dealkylation sites (tertiary alicyclic amines) is 1. The minimum atomic E-state index is -0.306. The average Bonchev–Trinajstić information content (AvgIpc) is 2.96. The van der Waals surface area contributed by atoms with Gasteiger partial charge in [0.2, 0.25) is 0 Å². The molecule has 0 spiro atoms. The van der Waals surface area contributed by atoms with Crippen molar-refractivity contribution in [2.45, 2.75) is 44.8 Å². The average molecular weight is 294 g/mol. The molecule has 0 bridgehead atoms. The molecule has 1 saturated heterocycles. The second-order valence-electron chi connectivity index (χ2n) is 6.14. The quantitative estimate of drug-likeness (QED) is 0.771. The lowest BCUT2D eigenvalue weighted by Gasteiger charge is -2.21. The fourth-order valence-corrected chi connectivity index (χ4v) is 2.84. The zero-order chi connectivity index (χ0) is 15.1. The minimum Gasteiger partial charge on any atom is -0.390 e. The van der Waals surface area contributed by atoms with Gasteiger partial charge in [-0.15, -0.1) is 0 Å². The first-order chi connectivity index (χ1) is 10.1. The van der Waals surface area contributed by atoms with Gasteiger partial charge < -0.3 is 15.3 Å². The molecule has 2 atom stereocenters. The van der Waals surface area contributed by atoms with Crippen LogP contribution in [0.15, 0.2) is 24.3 Å². The summed E-state index contributed by atoms with van der Waals surface area (Å²) in [6.45, 7) is 5.74. The highest BCUT2D eigenvalue weighted by Gasteiger charge is 2.16. The number of nitrogens with one attached hydrogen (secondary N) is 1. The van der Waals surface area contributed by atoms with E-state index in [2.05, 4.69) is 17.1 Å². The molecule has 2 unspecified atom stereocenters. The third-order valence-corrected chi connectivity index (χ3v) is 4.12. The summed E-state index contributed by atoms with van der Waals surface area (Å²) in [6.07, 6.45) is 4.00. The van der Waals surface area contributed by atoms with Gasteiger partial charge in [-0.2, -0.15) is 0 Å². The third kappa shape index (κ3) is 6.12. The van der Waals surface area contributed by atoms with Gasteiger partial charge in [-0.3, -0.25) is 0 Å². The van der Waals surface area contributed by atoms with E-state index in [1.165, 1.54) is 18.9 Å². The van der Waals surface area contributed by atoms with Crippen molar-refractivity contribution in [1.29, 1.82) is 0 Å². The molecule has 1 heterocycles. The smallest absolute Gasteiger partial charge is 0.123 e. The van der Waals surface area contributed by atoms with Crippen LogP contribution in [-0.2, 0) is 6.42 Å². The van der Waals surface area contributed by atoms with Crippen LogP contribution in [-0.4, -0.2) is 48.3 Å². The first-order valence-electron chi connectivity index (χ1n) is 8.02. The van der Waals surface area contributed by atoms with Gasteiger partial charge in [0.15, 0.2) is 0 Å². The maximum absolute atomic E-state index is 13.1. The summed E-state index contributed by atoms with van der Waals surface area (Å²) in [4.78, 5) is 2.32. The Morgan fingerprint density at radius 1 is 1.33 bits per heavy atom. The third-order valence-electron chi connectivity index (χ3n) is 4.12. The molecule has 1 aliphatic rings. The number of hydrogen-bond acceptors (Lipinski definition) is 3. The number of β-amino-alcohol motifs (C(OH)–C–C–N with tert-alkyl or cyclic N) is 1. The van der Waals surface area contributed by atoms with Gasteiger partial charge in [-0.05, 0) is 63.4 Å². The van der Waals surface area contributed by atoms with E-state index >= 15 is 0 Å². The van der Waals surface area contributed by atoms with Crippen molar-refractivity contribution >= 4 is 0 Å². The Bertz CT molecular complexity index is 421. The zero-order valence-electron chi connectivity index (χ0n) is 12.9. The lowest BCUT2D eigenvalue weighted by Crippen LogP contribution is -2.40. The molecule has 0 amide bonds. The number of nitrogens with zero attached hydrogens (tertiary/aromatic N) is 1. The van der Waals surface area contributed by atoms with Crippen LogP contribution in [0.4, 0.5) is 4.39 Å². The first kappa shape index (κ1) is 16.4. The molecule has 0 aromatic heterocycles. The van der Waals surface area contributed by atoms with E-state index in [-0.39, 0.29) is 11.9 Å². The van der Waals surface area contributed by atoms with Crippen LogP contribution in [0.2, 0.25) is 0 Å². The van der Waals surface area contributed by atoms with Crippen molar-refractivity contribution in [3.63, 3.8) is 0 Å². The Balaban J connectivity index is 1.61. The lowest BCUT2D eigenvalue weighted by atomic mass is 10.1. The molecule has 21 heavy (non-hydrogen) atoms. The number of halogens is 1. The normalized spacial score (nSPS) is 18.8. The minimum absolute atomic E-state index is 0.172. The second kappa shape index (κ2) is 8.47. The van der Waals surface area contributed by atoms with Crippen LogP contribution in [0.3, 0.4) is 0 Å². The Morgan fingerprint density at radius 3 is 2.81 bits per heavy atom. The molecule has 1 aromatic rings. The van der Waals surface area contributed by atoms with Crippen LogP contribution in [0, 0.1) is 5.82 Å². The van der Waals surface area contributed by atoms with Crippen molar-refractivity contribution in [2.24, 2.45) is 0 Å². The second-order valence-corrected chi connectivity index (χ2v) is 6.14. The molecule has 2 rings (SSSR count). The van der Waals surface area contributed by atoms with Gasteiger partial charge in [0.1, 0.15) is 5.82 Å². The van der Waals surface area contributed by atoms with Gasteiger partial charge in [-0.25, -0.2) is 4.39 Å². The highest BCUT2D eigenvalue weighted by atomic mass is 19.1. The number of rotatable bonds is 8. The van der Waals surface area contributed by atoms with Gasteiger partial charge >= 0.3 is 0 Å². The van der Waals surface area contributed by atoms with Crippen molar-refractivity contribution < 1.29 is 9.50 Å². The number of aryl methyl sites for hydroxylation is 1. The Kier molecular flexibility index (Phi) is 6.61. The molecule has 0 saturated carbocycles. The van der Waals surface area contributed by atoms with Crippen molar-refractivity contribution in [2.75, 3.05) is 26.2 Å². The van der Waals surface area contributed by atoms with E-state index < -0.39 is 0 Å². The van der Waals surface area contributed by atoms with E-state index in [1.807, 2.05) is 6.07 Å². The molecule has 118 valence electrons. The maximum Gasteiger partial charge on any atom is 0.123 e. The summed E-state index contributed by atoms with van der Waals surface area (Å²) < 4.78 is 13.1. The molecule has 3 nitrogen and oxygen atoms in total.